The monoisotopic (exact) mass is 514 g/mol. The van der Waals surface area contributed by atoms with Crippen LogP contribution in [0.1, 0.15) is 22.3 Å². The Kier molecular flexibility index (Phi) is 9.27. The minimum absolute atomic E-state index is 0.0788. The normalized spacial score (nSPS) is 10.3. The summed E-state index contributed by atoms with van der Waals surface area (Å²) in [5.41, 5.74) is 6.61. The van der Waals surface area contributed by atoms with Gasteiger partial charge in [0.25, 0.3) is 0 Å². The summed E-state index contributed by atoms with van der Waals surface area (Å²) in [6.07, 6.45) is 0. The molecule has 0 aliphatic heterocycles. The van der Waals surface area contributed by atoms with Crippen LogP contribution in [-0.4, -0.2) is 5.43 Å². The molecule has 0 aliphatic rings. The van der Waals surface area contributed by atoms with Crippen molar-refractivity contribution in [2.24, 2.45) is 0 Å². The fourth-order valence-electron chi connectivity index (χ4n) is 3.25. The SMILES string of the molecule is C[Si](C)=[Zr+2].Cc1[cH-]c(C)c(C)c1C.Fc1cc(F)c(-c2c[cH-]c3ccccc23)cc1F. The molecule has 0 unspecified atom stereocenters. The molecule has 0 aliphatic carbocycles. The zero-order valence-electron chi connectivity index (χ0n) is 18.8. The number of benzene rings is 2. The van der Waals surface area contributed by atoms with Gasteiger partial charge in [-0.3, -0.25) is 0 Å². The fraction of sp³-hybridized carbons (Fsp3) is 0.231. The van der Waals surface area contributed by atoms with Gasteiger partial charge < -0.3 is 0 Å². The fourth-order valence-corrected chi connectivity index (χ4v) is 3.25. The van der Waals surface area contributed by atoms with E-state index in [1.807, 2.05) is 30.3 Å². The van der Waals surface area contributed by atoms with E-state index in [0.717, 1.165) is 16.8 Å². The smallest absolute Gasteiger partial charge is 0.161 e. The average Bonchev–Trinajstić information content (AvgIpc) is 3.22. The van der Waals surface area contributed by atoms with Crippen molar-refractivity contribution >= 4 is 16.2 Å². The Morgan fingerprint density at radius 2 is 1.29 bits per heavy atom. The second-order valence-corrected chi connectivity index (χ2v) is 17.2. The van der Waals surface area contributed by atoms with Gasteiger partial charge in [0.15, 0.2) is 11.6 Å². The molecule has 0 aromatic heterocycles. The summed E-state index contributed by atoms with van der Waals surface area (Å²) in [7, 11) is 0. The Balaban J connectivity index is 0.000000220. The van der Waals surface area contributed by atoms with Crippen LogP contribution >= 0.6 is 0 Å². The molecule has 0 radical (unpaired) electrons. The van der Waals surface area contributed by atoms with Crippen LogP contribution < -0.4 is 0 Å². The third-order valence-electron chi connectivity index (χ3n) is 5.16. The van der Waals surface area contributed by atoms with Crippen molar-refractivity contribution in [1.82, 2.24) is 0 Å². The summed E-state index contributed by atoms with van der Waals surface area (Å²) < 4.78 is 39.8. The zero-order chi connectivity index (χ0) is 23.3. The minimum atomic E-state index is -1.17. The Morgan fingerprint density at radius 1 is 0.774 bits per heavy atom. The van der Waals surface area contributed by atoms with Crippen molar-refractivity contribution in [2.75, 3.05) is 0 Å². The van der Waals surface area contributed by atoms with Gasteiger partial charge in [0, 0.05) is 6.07 Å². The summed E-state index contributed by atoms with van der Waals surface area (Å²) >= 11 is 1.74. The maximum absolute atomic E-state index is 13.7. The van der Waals surface area contributed by atoms with Gasteiger partial charge >= 0.3 is 41.9 Å². The summed E-state index contributed by atoms with van der Waals surface area (Å²) in [4.78, 5) is 0. The van der Waals surface area contributed by atoms with Gasteiger partial charge in [-0.2, -0.15) is 28.3 Å². The van der Waals surface area contributed by atoms with Crippen molar-refractivity contribution < 1.29 is 36.5 Å². The van der Waals surface area contributed by atoms with E-state index >= 15 is 0 Å². The number of aryl methyl sites for hydroxylation is 2. The molecule has 0 heterocycles. The average molecular weight is 516 g/mol. The van der Waals surface area contributed by atoms with Gasteiger partial charge in [-0.15, -0.1) is 46.7 Å². The van der Waals surface area contributed by atoms with Gasteiger partial charge in [-0.1, -0.05) is 33.8 Å². The Bertz CT molecular complexity index is 1170. The first kappa shape index (κ1) is 25.5. The van der Waals surface area contributed by atoms with Crippen molar-refractivity contribution in [3.63, 3.8) is 0 Å². The van der Waals surface area contributed by atoms with Crippen molar-refractivity contribution in [3.8, 4) is 11.1 Å². The van der Waals surface area contributed by atoms with Crippen molar-refractivity contribution in [3.05, 3.63) is 94.3 Å². The first-order valence-corrected chi connectivity index (χ1v) is 16.2. The summed E-state index contributed by atoms with van der Waals surface area (Å²) in [6, 6.07) is 14.6. The largest absolute Gasteiger partial charge is 0.207 e. The maximum Gasteiger partial charge on any atom is 0.161 e. The number of rotatable bonds is 1. The van der Waals surface area contributed by atoms with Crippen LogP contribution in [0, 0.1) is 45.1 Å². The van der Waals surface area contributed by atoms with Crippen LogP contribution in [0.5, 0.6) is 0 Å². The molecule has 0 amide bonds. The Hall–Kier alpha value is -1.71. The number of hydrogen-bond donors (Lipinski definition) is 0. The summed E-state index contributed by atoms with van der Waals surface area (Å²) in [5, 5.41) is 1.76. The molecule has 0 fully saturated rings. The Labute approximate surface area is 198 Å². The van der Waals surface area contributed by atoms with E-state index < -0.39 is 17.5 Å². The van der Waals surface area contributed by atoms with Crippen LogP contribution in [0.25, 0.3) is 21.9 Å². The van der Waals surface area contributed by atoms with Gasteiger partial charge in [0.05, 0.1) is 0 Å². The van der Waals surface area contributed by atoms with E-state index in [0.29, 0.717) is 11.6 Å². The van der Waals surface area contributed by atoms with Crippen LogP contribution in [0.4, 0.5) is 13.2 Å². The van der Waals surface area contributed by atoms with Gasteiger partial charge in [-0.25, -0.2) is 13.2 Å². The number of hydrogen-bond acceptors (Lipinski definition) is 0. The van der Waals surface area contributed by atoms with E-state index in [2.05, 4.69) is 46.9 Å². The molecule has 4 aromatic rings. The minimum Gasteiger partial charge on any atom is -0.207 e. The topological polar surface area (TPSA) is 0 Å². The number of halogens is 3. The molecule has 0 nitrogen and oxygen atoms in total. The number of fused-ring (bicyclic) bond motifs is 1. The van der Waals surface area contributed by atoms with E-state index in [1.165, 1.54) is 22.3 Å². The predicted octanol–water partition coefficient (Wildman–Crippen LogP) is 8.07. The molecule has 0 N–H and O–H groups in total. The van der Waals surface area contributed by atoms with Crippen LogP contribution in [0.3, 0.4) is 0 Å². The molecule has 0 spiro atoms. The van der Waals surface area contributed by atoms with Gasteiger partial charge in [-0.05, 0) is 11.6 Å². The molecular weight excluding hydrogens is 489 g/mol. The van der Waals surface area contributed by atoms with Gasteiger partial charge in [0.1, 0.15) is 5.82 Å². The molecule has 4 rings (SSSR count). The van der Waals surface area contributed by atoms with Crippen LogP contribution in [0.2, 0.25) is 13.1 Å². The van der Waals surface area contributed by atoms with E-state index in [-0.39, 0.29) is 11.0 Å². The third-order valence-corrected chi connectivity index (χ3v) is 5.16. The first-order valence-electron chi connectivity index (χ1n) is 10.0. The third kappa shape index (κ3) is 6.63. The summed E-state index contributed by atoms with van der Waals surface area (Å²) in [6.45, 7) is 13.3. The van der Waals surface area contributed by atoms with Crippen LogP contribution in [0.15, 0.2) is 54.6 Å². The molecule has 5 heteroatoms. The molecule has 160 valence electrons. The van der Waals surface area contributed by atoms with Gasteiger partial charge in [0.2, 0.25) is 0 Å². The molecule has 0 saturated carbocycles. The van der Waals surface area contributed by atoms with E-state index in [4.69, 9.17) is 0 Å². The molecule has 0 bridgehead atoms. The summed E-state index contributed by atoms with van der Waals surface area (Å²) in [5.74, 6) is -2.98. The molecule has 31 heavy (non-hydrogen) atoms. The predicted molar refractivity (Wildman–Crippen MR) is 123 cm³/mol. The standard InChI is InChI=1S/C15H8F3.C9H13.C2H6Si.Zr/c16-13-8-15(18)14(17)7-12(13)11-6-5-9-3-1-2-4-10(9)11;1-6-5-7(2)9(4)8(6)3;1-3-2;/h1-8H;5H,1-4H3;1-2H3;/q2*-1;;+2. The molecule has 0 saturated heterocycles. The zero-order valence-corrected chi connectivity index (χ0v) is 22.3. The van der Waals surface area contributed by atoms with E-state index in [9.17, 15) is 13.2 Å². The quantitative estimate of drug-likeness (QED) is 0.137. The second kappa shape index (κ2) is 11.2. The Morgan fingerprint density at radius 3 is 1.81 bits per heavy atom. The van der Waals surface area contributed by atoms with Crippen molar-refractivity contribution in [2.45, 2.75) is 40.8 Å². The van der Waals surface area contributed by atoms with E-state index in [1.54, 1.807) is 29.4 Å². The maximum atomic E-state index is 13.7. The van der Waals surface area contributed by atoms with Crippen molar-refractivity contribution in [1.29, 1.82) is 0 Å². The molecule has 4 aromatic carbocycles. The van der Waals surface area contributed by atoms with Crippen LogP contribution in [-0.2, 0) is 23.3 Å². The first-order chi connectivity index (χ1) is 14.5. The second-order valence-electron chi connectivity index (χ2n) is 7.84. The molecular formula is C26H27F3SiZr. The molecule has 0 atom stereocenters.